The normalized spacial score (nSPS) is 17.1. The zero-order valence-corrected chi connectivity index (χ0v) is 15.5. The van der Waals surface area contributed by atoms with Crippen molar-refractivity contribution in [3.05, 3.63) is 83.0 Å². The van der Waals surface area contributed by atoms with Crippen molar-refractivity contribution in [2.75, 3.05) is 7.05 Å². The van der Waals surface area contributed by atoms with Crippen LogP contribution in [0.15, 0.2) is 75.0 Å². The van der Waals surface area contributed by atoms with Crippen LogP contribution >= 0.6 is 11.8 Å². The highest BCUT2D eigenvalue weighted by Crippen LogP contribution is 2.34. The van der Waals surface area contributed by atoms with Gasteiger partial charge < -0.3 is 4.42 Å². The molecule has 140 valence electrons. The molecule has 2 aromatic carbocycles. The maximum Gasteiger partial charge on any atom is 0.266 e. The summed E-state index contributed by atoms with van der Waals surface area (Å²) < 4.78 is 32.5. The molecule has 0 unspecified atom stereocenters. The fraction of sp³-hybridized carbons (Fsp3) is 0.0476. The predicted octanol–water partition coefficient (Wildman–Crippen LogP) is 5.46. The molecular formula is C21H14F2N2O2S. The quantitative estimate of drug-likeness (QED) is 0.553. The Morgan fingerprint density at radius 3 is 2.54 bits per heavy atom. The van der Waals surface area contributed by atoms with Crippen LogP contribution in [-0.2, 0) is 4.79 Å². The van der Waals surface area contributed by atoms with Crippen LogP contribution in [0.25, 0.3) is 17.4 Å². The molecule has 1 saturated heterocycles. The lowest BCUT2D eigenvalue weighted by molar-refractivity contribution is -0.121. The van der Waals surface area contributed by atoms with Gasteiger partial charge in [-0.2, -0.15) is 0 Å². The van der Waals surface area contributed by atoms with Crippen molar-refractivity contribution in [2.45, 2.75) is 0 Å². The number of furan rings is 1. The molecule has 0 N–H and O–H groups in total. The zero-order chi connectivity index (χ0) is 19.7. The first-order chi connectivity index (χ1) is 13.5. The van der Waals surface area contributed by atoms with Gasteiger partial charge in [0, 0.05) is 18.7 Å². The standard InChI is InChI=1S/C21H14F2N2O2S/c1-25-20(26)19(28-21(25)24-16-7-3-6-15(23)11-16)12-17-8-9-18(27-17)13-4-2-5-14(22)10-13/h2-12H,1H3/b19-12-,24-21?. The molecule has 1 aromatic heterocycles. The Hall–Kier alpha value is -3.19. The summed E-state index contributed by atoms with van der Waals surface area (Å²) >= 11 is 1.17. The summed E-state index contributed by atoms with van der Waals surface area (Å²) in [7, 11) is 1.61. The molecular weight excluding hydrogens is 382 g/mol. The van der Waals surface area contributed by atoms with Gasteiger partial charge >= 0.3 is 0 Å². The lowest BCUT2D eigenvalue weighted by Gasteiger charge is -2.06. The largest absolute Gasteiger partial charge is 0.457 e. The highest BCUT2D eigenvalue weighted by molar-refractivity contribution is 8.18. The number of rotatable bonds is 3. The van der Waals surface area contributed by atoms with Crippen molar-refractivity contribution in [3.8, 4) is 11.3 Å². The molecule has 0 radical (unpaired) electrons. The van der Waals surface area contributed by atoms with Gasteiger partial charge in [-0.05, 0) is 54.2 Å². The number of aliphatic imine (C=N–C) groups is 1. The van der Waals surface area contributed by atoms with E-state index in [0.717, 1.165) is 0 Å². The zero-order valence-electron chi connectivity index (χ0n) is 14.7. The van der Waals surface area contributed by atoms with E-state index in [0.29, 0.717) is 32.8 Å². The molecule has 0 saturated carbocycles. The van der Waals surface area contributed by atoms with Gasteiger partial charge in [-0.15, -0.1) is 0 Å². The van der Waals surface area contributed by atoms with E-state index in [-0.39, 0.29) is 11.7 Å². The number of carbonyl (C=O) groups excluding carboxylic acids is 1. The maximum atomic E-state index is 13.4. The summed E-state index contributed by atoms with van der Waals surface area (Å²) in [5.74, 6) is -0.00612. The number of amides is 1. The first-order valence-corrected chi connectivity index (χ1v) is 9.19. The summed E-state index contributed by atoms with van der Waals surface area (Å²) in [5, 5.41) is 0.443. The Balaban J connectivity index is 1.60. The number of thioether (sulfide) groups is 1. The third kappa shape index (κ3) is 3.75. The van der Waals surface area contributed by atoms with Crippen LogP contribution in [-0.4, -0.2) is 23.0 Å². The lowest BCUT2D eigenvalue weighted by atomic mass is 10.2. The highest BCUT2D eigenvalue weighted by Gasteiger charge is 2.30. The number of amidine groups is 1. The molecule has 4 rings (SSSR count). The first-order valence-electron chi connectivity index (χ1n) is 8.37. The Labute approximate surface area is 164 Å². The van der Waals surface area contributed by atoms with E-state index in [2.05, 4.69) is 4.99 Å². The molecule has 2 heterocycles. The van der Waals surface area contributed by atoms with Crippen molar-refractivity contribution >= 4 is 34.6 Å². The molecule has 7 heteroatoms. The van der Waals surface area contributed by atoms with Crippen LogP contribution in [0.3, 0.4) is 0 Å². The monoisotopic (exact) mass is 396 g/mol. The molecule has 4 nitrogen and oxygen atoms in total. The van der Waals surface area contributed by atoms with E-state index >= 15 is 0 Å². The van der Waals surface area contributed by atoms with Crippen molar-refractivity contribution in [3.63, 3.8) is 0 Å². The predicted molar refractivity (Wildman–Crippen MR) is 106 cm³/mol. The average molecular weight is 396 g/mol. The molecule has 1 aliphatic heterocycles. The Bertz CT molecular complexity index is 1120. The summed E-state index contributed by atoms with van der Waals surface area (Å²) in [6.07, 6.45) is 1.61. The van der Waals surface area contributed by atoms with Gasteiger partial charge in [-0.3, -0.25) is 9.69 Å². The van der Waals surface area contributed by atoms with E-state index in [9.17, 15) is 13.6 Å². The van der Waals surface area contributed by atoms with Crippen molar-refractivity contribution < 1.29 is 18.0 Å². The minimum absolute atomic E-state index is 0.233. The van der Waals surface area contributed by atoms with Crippen molar-refractivity contribution in [1.29, 1.82) is 0 Å². The Morgan fingerprint density at radius 2 is 1.79 bits per heavy atom. The minimum atomic E-state index is -0.393. The van der Waals surface area contributed by atoms with Crippen molar-refractivity contribution in [1.82, 2.24) is 4.90 Å². The second-order valence-corrected chi connectivity index (χ2v) is 7.07. The van der Waals surface area contributed by atoms with Crippen molar-refractivity contribution in [2.24, 2.45) is 4.99 Å². The molecule has 1 amide bonds. The number of halogens is 2. The van der Waals surface area contributed by atoms with Gasteiger partial charge in [-0.25, -0.2) is 13.8 Å². The molecule has 0 aliphatic carbocycles. The third-order valence-corrected chi connectivity index (χ3v) is 5.11. The second kappa shape index (κ2) is 7.44. The van der Waals surface area contributed by atoms with Crippen LogP contribution in [0.4, 0.5) is 14.5 Å². The van der Waals surface area contributed by atoms with E-state index < -0.39 is 5.82 Å². The number of benzene rings is 2. The molecule has 0 spiro atoms. The molecule has 0 bridgehead atoms. The van der Waals surface area contributed by atoms with Crippen LogP contribution in [0, 0.1) is 11.6 Å². The van der Waals surface area contributed by atoms with Crippen LogP contribution < -0.4 is 0 Å². The summed E-state index contributed by atoms with van der Waals surface area (Å²) in [4.78, 5) is 18.7. The van der Waals surface area contributed by atoms with Gasteiger partial charge in [0.25, 0.3) is 5.91 Å². The van der Waals surface area contributed by atoms with Crippen LogP contribution in [0.5, 0.6) is 0 Å². The van der Waals surface area contributed by atoms with Crippen LogP contribution in [0.2, 0.25) is 0 Å². The molecule has 1 fully saturated rings. The van der Waals surface area contributed by atoms with E-state index in [1.54, 1.807) is 49.5 Å². The van der Waals surface area contributed by atoms with Gasteiger partial charge in [0.05, 0.1) is 10.6 Å². The molecule has 0 atom stereocenters. The highest BCUT2D eigenvalue weighted by atomic mass is 32.2. The Kier molecular flexibility index (Phi) is 4.83. The lowest BCUT2D eigenvalue weighted by Crippen LogP contribution is -2.23. The van der Waals surface area contributed by atoms with E-state index in [1.165, 1.54) is 40.9 Å². The average Bonchev–Trinajstić information content (AvgIpc) is 3.23. The number of likely N-dealkylation sites (N-methyl/N-ethyl adjacent to an activating group) is 1. The van der Waals surface area contributed by atoms with Gasteiger partial charge in [-0.1, -0.05) is 18.2 Å². The smallest absolute Gasteiger partial charge is 0.266 e. The third-order valence-electron chi connectivity index (χ3n) is 4.05. The SMILES string of the molecule is CN1C(=O)/C(=C/c2ccc(-c3cccc(F)c3)o2)SC1=Nc1cccc(F)c1. The number of nitrogens with zero attached hydrogens (tertiary/aromatic N) is 2. The summed E-state index contributed by atoms with van der Waals surface area (Å²) in [6, 6.07) is 15.4. The summed E-state index contributed by atoms with van der Waals surface area (Å²) in [5.41, 5.74) is 1.04. The van der Waals surface area contributed by atoms with E-state index in [1.807, 2.05) is 0 Å². The minimum Gasteiger partial charge on any atom is -0.457 e. The fourth-order valence-corrected chi connectivity index (χ4v) is 3.63. The number of hydrogen-bond acceptors (Lipinski definition) is 4. The number of carbonyl (C=O) groups is 1. The maximum absolute atomic E-state index is 13.4. The fourth-order valence-electron chi connectivity index (χ4n) is 2.66. The van der Waals surface area contributed by atoms with Crippen LogP contribution in [0.1, 0.15) is 5.76 Å². The number of hydrogen-bond donors (Lipinski definition) is 0. The van der Waals surface area contributed by atoms with E-state index in [4.69, 9.17) is 4.42 Å². The second-order valence-electron chi connectivity index (χ2n) is 6.06. The topological polar surface area (TPSA) is 45.8 Å². The molecule has 1 aliphatic rings. The first kappa shape index (κ1) is 18.2. The Morgan fingerprint density at radius 1 is 1.04 bits per heavy atom. The summed E-state index contributed by atoms with van der Waals surface area (Å²) in [6.45, 7) is 0. The van der Waals surface area contributed by atoms with Gasteiger partial charge in [0.1, 0.15) is 23.2 Å². The van der Waals surface area contributed by atoms with Gasteiger partial charge in [0.15, 0.2) is 5.17 Å². The molecule has 28 heavy (non-hydrogen) atoms. The molecule has 3 aromatic rings. The van der Waals surface area contributed by atoms with Gasteiger partial charge in [0.2, 0.25) is 0 Å².